The first-order valence-electron chi connectivity index (χ1n) is 23.6. The van der Waals surface area contributed by atoms with Gasteiger partial charge in [-0.1, -0.05) is 231 Å². The maximum Gasteiger partial charge on any atom is 0.222 e. The zero-order chi connectivity index (χ0) is 38.7. The predicted molar refractivity (Wildman–Crippen MR) is 231 cm³/mol. The fourth-order valence-electron chi connectivity index (χ4n) is 7.44. The summed E-state index contributed by atoms with van der Waals surface area (Å²) < 4.78 is 0. The third kappa shape index (κ3) is 40.3. The number of carbonyl (C=O) groups excluding carboxylic acids is 1. The molecule has 0 aromatic heterocycles. The molecule has 0 fully saturated rings. The van der Waals surface area contributed by atoms with Crippen LogP contribution in [0.25, 0.3) is 0 Å². The lowest BCUT2D eigenvalue weighted by molar-refractivity contribution is -0.125. The third-order valence-corrected chi connectivity index (χ3v) is 11.0. The van der Waals surface area contributed by atoms with E-state index in [1.165, 1.54) is 180 Å². The van der Waals surface area contributed by atoms with E-state index in [-0.39, 0.29) is 18.9 Å². The van der Waals surface area contributed by atoms with Crippen LogP contribution in [-0.2, 0) is 4.79 Å². The van der Waals surface area contributed by atoms with Crippen molar-refractivity contribution in [2.45, 2.75) is 270 Å². The molecular formula is C48H93NO4. The van der Waals surface area contributed by atoms with Crippen LogP contribution in [0.3, 0.4) is 0 Å². The van der Waals surface area contributed by atoms with Crippen LogP contribution in [0.1, 0.15) is 251 Å². The first-order chi connectivity index (χ1) is 26.0. The van der Waals surface area contributed by atoms with Crippen molar-refractivity contribution in [2.75, 3.05) is 6.61 Å². The average molecular weight is 748 g/mol. The highest BCUT2D eigenvalue weighted by Crippen LogP contribution is 2.17. The number of aliphatic hydroxyl groups excluding tert-OH is 3. The summed E-state index contributed by atoms with van der Waals surface area (Å²) in [6.07, 6.45) is 53.0. The zero-order valence-electron chi connectivity index (χ0n) is 35.7. The van der Waals surface area contributed by atoms with Crippen LogP contribution in [0.15, 0.2) is 24.3 Å². The Morgan fingerprint density at radius 1 is 0.491 bits per heavy atom. The summed E-state index contributed by atoms with van der Waals surface area (Å²) >= 11 is 0. The number of rotatable bonds is 43. The Morgan fingerprint density at radius 3 is 1.28 bits per heavy atom. The van der Waals surface area contributed by atoms with Crippen LogP contribution >= 0.6 is 0 Å². The molecule has 1 amide bonds. The van der Waals surface area contributed by atoms with Gasteiger partial charge in [-0.3, -0.25) is 4.79 Å². The standard InChI is InChI=1S/C48H93NO4/c1-3-5-7-9-11-13-15-17-19-21-23-25-27-29-31-33-35-37-39-41-45(51)43-48(53)49-46(44-50)47(52)42-40-38-36-34-32-30-28-26-24-22-20-18-16-14-12-10-8-6-4-2/h5,7,11,13,45-47,50-52H,3-4,6,8-10,12,14-44H2,1-2H3,(H,49,53)/b7-5-,13-11-. The van der Waals surface area contributed by atoms with Crippen molar-refractivity contribution in [1.82, 2.24) is 5.32 Å². The summed E-state index contributed by atoms with van der Waals surface area (Å²) in [5, 5.41) is 33.5. The molecule has 0 aromatic rings. The highest BCUT2D eigenvalue weighted by molar-refractivity contribution is 5.76. The van der Waals surface area contributed by atoms with Crippen molar-refractivity contribution < 1.29 is 20.1 Å². The van der Waals surface area contributed by atoms with Gasteiger partial charge in [0.2, 0.25) is 5.91 Å². The van der Waals surface area contributed by atoms with Crippen molar-refractivity contribution >= 4 is 5.91 Å². The smallest absolute Gasteiger partial charge is 0.222 e. The van der Waals surface area contributed by atoms with Gasteiger partial charge in [0.25, 0.3) is 0 Å². The minimum Gasteiger partial charge on any atom is -0.394 e. The van der Waals surface area contributed by atoms with Crippen LogP contribution in [0.2, 0.25) is 0 Å². The van der Waals surface area contributed by atoms with E-state index in [1.807, 2.05) is 0 Å². The van der Waals surface area contributed by atoms with Crippen molar-refractivity contribution in [3.63, 3.8) is 0 Å². The number of hydrogen-bond donors (Lipinski definition) is 4. The van der Waals surface area contributed by atoms with Gasteiger partial charge in [0, 0.05) is 0 Å². The second-order valence-electron chi connectivity index (χ2n) is 16.3. The van der Waals surface area contributed by atoms with Gasteiger partial charge in [0.1, 0.15) is 0 Å². The topological polar surface area (TPSA) is 89.8 Å². The Balaban J connectivity index is 3.57. The molecule has 0 spiro atoms. The normalized spacial score (nSPS) is 13.7. The molecule has 53 heavy (non-hydrogen) atoms. The van der Waals surface area contributed by atoms with E-state index in [0.717, 1.165) is 38.5 Å². The number of unbranched alkanes of at least 4 members (excludes halogenated alkanes) is 30. The number of carbonyl (C=O) groups is 1. The van der Waals surface area contributed by atoms with Gasteiger partial charge in [-0.2, -0.15) is 0 Å². The molecule has 0 aliphatic rings. The molecule has 0 aliphatic heterocycles. The molecule has 0 aromatic carbocycles. The molecule has 0 aliphatic carbocycles. The molecule has 0 bridgehead atoms. The van der Waals surface area contributed by atoms with Crippen LogP contribution < -0.4 is 5.32 Å². The zero-order valence-corrected chi connectivity index (χ0v) is 35.7. The molecule has 5 heteroatoms. The van der Waals surface area contributed by atoms with Crippen molar-refractivity contribution in [3.05, 3.63) is 24.3 Å². The van der Waals surface area contributed by atoms with E-state index >= 15 is 0 Å². The third-order valence-electron chi connectivity index (χ3n) is 11.0. The highest BCUT2D eigenvalue weighted by Gasteiger charge is 2.21. The van der Waals surface area contributed by atoms with Crippen LogP contribution in [0, 0.1) is 0 Å². The average Bonchev–Trinajstić information content (AvgIpc) is 3.15. The SMILES string of the molecule is CC/C=C\C/C=C\CCCCCCCCCCCCCCC(O)CC(=O)NC(CO)C(O)CCCCCCCCCCCCCCCCCCCCC. The lowest BCUT2D eigenvalue weighted by atomic mass is 10.0. The molecule has 0 saturated heterocycles. The summed E-state index contributed by atoms with van der Waals surface area (Å²) in [6, 6.07) is -0.657. The number of nitrogens with one attached hydrogen (secondary N) is 1. The van der Waals surface area contributed by atoms with Crippen LogP contribution in [0.5, 0.6) is 0 Å². The van der Waals surface area contributed by atoms with E-state index in [9.17, 15) is 20.1 Å². The Labute approximate surface area is 331 Å². The summed E-state index contributed by atoms with van der Waals surface area (Å²) in [7, 11) is 0. The molecule has 3 atom stereocenters. The Bertz CT molecular complexity index is 784. The van der Waals surface area contributed by atoms with Gasteiger partial charge in [-0.05, 0) is 38.5 Å². The first-order valence-corrected chi connectivity index (χ1v) is 23.6. The molecule has 5 nitrogen and oxygen atoms in total. The molecule has 0 heterocycles. The predicted octanol–water partition coefficient (Wildman–Crippen LogP) is 13.8. The van der Waals surface area contributed by atoms with Crippen LogP contribution in [0.4, 0.5) is 0 Å². The lowest BCUT2D eigenvalue weighted by Gasteiger charge is -2.23. The monoisotopic (exact) mass is 748 g/mol. The Hall–Kier alpha value is -1.17. The maximum absolute atomic E-state index is 12.5. The van der Waals surface area contributed by atoms with Gasteiger partial charge in [-0.15, -0.1) is 0 Å². The minimum atomic E-state index is -0.748. The van der Waals surface area contributed by atoms with E-state index in [0.29, 0.717) is 12.8 Å². The van der Waals surface area contributed by atoms with E-state index in [4.69, 9.17) is 0 Å². The van der Waals surface area contributed by atoms with E-state index in [2.05, 4.69) is 43.5 Å². The second kappa shape index (κ2) is 43.6. The Kier molecular flexibility index (Phi) is 42.6. The number of allylic oxidation sites excluding steroid dienone is 4. The summed E-state index contributed by atoms with van der Waals surface area (Å²) in [5.74, 6) is -0.281. The quantitative estimate of drug-likeness (QED) is 0.0369. The molecule has 4 N–H and O–H groups in total. The molecule has 0 saturated carbocycles. The minimum absolute atomic E-state index is 0.0375. The molecule has 0 rings (SSSR count). The van der Waals surface area contributed by atoms with Crippen LogP contribution in [-0.4, -0.2) is 46.1 Å². The van der Waals surface area contributed by atoms with Gasteiger partial charge in [0.05, 0.1) is 31.3 Å². The van der Waals surface area contributed by atoms with Gasteiger partial charge >= 0.3 is 0 Å². The fourth-order valence-corrected chi connectivity index (χ4v) is 7.44. The number of hydrogen-bond acceptors (Lipinski definition) is 4. The summed E-state index contributed by atoms with van der Waals surface area (Å²) in [6.45, 7) is 4.18. The van der Waals surface area contributed by atoms with Crippen molar-refractivity contribution in [1.29, 1.82) is 0 Å². The molecule has 3 unspecified atom stereocenters. The summed E-state index contributed by atoms with van der Waals surface area (Å²) in [5.41, 5.74) is 0. The fraction of sp³-hybridized carbons (Fsp3) is 0.896. The number of aliphatic hydroxyl groups is 3. The van der Waals surface area contributed by atoms with Crippen molar-refractivity contribution in [3.8, 4) is 0 Å². The molecule has 314 valence electrons. The first kappa shape index (κ1) is 51.8. The maximum atomic E-state index is 12.5. The number of amides is 1. The van der Waals surface area contributed by atoms with Gasteiger partial charge < -0.3 is 20.6 Å². The molecule has 0 radical (unpaired) electrons. The summed E-state index contributed by atoms with van der Waals surface area (Å²) in [4.78, 5) is 12.5. The Morgan fingerprint density at radius 2 is 0.868 bits per heavy atom. The van der Waals surface area contributed by atoms with Gasteiger partial charge in [-0.25, -0.2) is 0 Å². The van der Waals surface area contributed by atoms with E-state index < -0.39 is 18.2 Å². The largest absolute Gasteiger partial charge is 0.394 e. The van der Waals surface area contributed by atoms with Crippen molar-refractivity contribution in [2.24, 2.45) is 0 Å². The molecular weight excluding hydrogens is 655 g/mol. The second-order valence-corrected chi connectivity index (χ2v) is 16.3. The highest BCUT2D eigenvalue weighted by atomic mass is 16.3. The van der Waals surface area contributed by atoms with Gasteiger partial charge in [0.15, 0.2) is 0 Å². The van der Waals surface area contributed by atoms with E-state index in [1.54, 1.807) is 0 Å². The lowest BCUT2D eigenvalue weighted by Crippen LogP contribution is -2.46.